The van der Waals surface area contributed by atoms with Crippen molar-refractivity contribution >= 4 is 23.2 Å². The molecule has 0 bridgehead atoms. The fraction of sp³-hybridized carbons (Fsp3) is 0.0938. The number of benzene rings is 4. The fourth-order valence-corrected chi connectivity index (χ4v) is 4.51. The van der Waals surface area contributed by atoms with Crippen molar-refractivity contribution < 1.29 is 32.2 Å². The maximum absolute atomic E-state index is 13.8. The van der Waals surface area contributed by atoms with Gasteiger partial charge in [0.05, 0.1) is 11.1 Å². The minimum absolute atomic E-state index is 0.0819. The van der Waals surface area contributed by atoms with Gasteiger partial charge in [-0.3, -0.25) is 9.78 Å². The lowest BCUT2D eigenvalue weighted by Gasteiger charge is -2.17. The second-order valence-corrected chi connectivity index (χ2v) is 9.02. The van der Waals surface area contributed by atoms with Gasteiger partial charge in [-0.1, -0.05) is 60.7 Å². The zero-order valence-electron chi connectivity index (χ0n) is 21.0. The van der Waals surface area contributed by atoms with Crippen LogP contribution >= 0.6 is 0 Å². The number of halogens is 3. The molecule has 4 aromatic carbocycles. The molecule has 0 amide bonds. The molecule has 5 nitrogen and oxygen atoms in total. The molecule has 0 fully saturated rings. The molecule has 5 rings (SSSR count). The van der Waals surface area contributed by atoms with Crippen molar-refractivity contribution in [2.24, 2.45) is 0 Å². The molecule has 0 unspecified atom stereocenters. The van der Waals surface area contributed by atoms with Crippen molar-refractivity contribution in [1.29, 1.82) is 0 Å². The predicted molar refractivity (Wildman–Crippen MR) is 144 cm³/mol. The quantitative estimate of drug-likeness (QED) is 0.0900. The fourth-order valence-electron chi connectivity index (χ4n) is 4.51. The lowest BCUT2D eigenvalue weighted by Crippen LogP contribution is -2.08. The lowest BCUT2D eigenvalue weighted by molar-refractivity contribution is -0.141. The maximum Gasteiger partial charge on any atom is 0.418 e. The standard InChI is InChI=1S/C32H22F3NO4/c33-32(34,35)28-11-5-10-27-30(24(18-36-31(27)28)16-21-6-2-1-3-7-21)23-9-4-8-22(17-23)20-39-25-12-14-26(15-13-25)40-29(38)19-37/h1-15,17-19H,16,20H2. The number of carbonyl (C=O) groups excluding carboxylic acids is 2. The van der Waals surface area contributed by atoms with Crippen LogP contribution in [0, 0.1) is 0 Å². The largest absolute Gasteiger partial charge is 0.489 e. The molecular weight excluding hydrogens is 519 g/mol. The number of nitrogens with zero attached hydrogens (tertiary/aromatic N) is 1. The Morgan fingerprint density at radius 3 is 2.25 bits per heavy atom. The molecule has 40 heavy (non-hydrogen) atoms. The van der Waals surface area contributed by atoms with Crippen molar-refractivity contribution in [3.8, 4) is 22.6 Å². The number of rotatable bonds is 8. The summed E-state index contributed by atoms with van der Waals surface area (Å²) in [6, 6.07) is 27.5. The van der Waals surface area contributed by atoms with Crippen LogP contribution in [0.1, 0.15) is 22.3 Å². The molecule has 5 aromatic rings. The molecule has 8 heteroatoms. The molecule has 0 radical (unpaired) electrons. The highest BCUT2D eigenvalue weighted by Crippen LogP contribution is 2.39. The smallest absolute Gasteiger partial charge is 0.418 e. The topological polar surface area (TPSA) is 65.5 Å². The van der Waals surface area contributed by atoms with Crippen LogP contribution in [-0.4, -0.2) is 17.2 Å². The second-order valence-electron chi connectivity index (χ2n) is 9.02. The van der Waals surface area contributed by atoms with E-state index in [4.69, 9.17) is 9.47 Å². The molecule has 1 aromatic heterocycles. The van der Waals surface area contributed by atoms with Crippen LogP contribution in [0.5, 0.6) is 11.5 Å². The van der Waals surface area contributed by atoms with Gasteiger partial charge in [0.25, 0.3) is 0 Å². The zero-order chi connectivity index (χ0) is 28.1. The van der Waals surface area contributed by atoms with Crippen LogP contribution in [0.3, 0.4) is 0 Å². The minimum atomic E-state index is -4.54. The van der Waals surface area contributed by atoms with Crippen LogP contribution in [0.15, 0.2) is 103 Å². The summed E-state index contributed by atoms with van der Waals surface area (Å²) in [6.07, 6.45) is -2.43. The molecule has 0 atom stereocenters. The van der Waals surface area contributed by atoms with Gasteiger partial charge in [0.1, 0.15) is 18.1 Å². The van der Waals surface area contributed by atoms with Gasteiger partial charge in [-0.25, -0.2) is 4.79 Å². The molecule has 0 saturated heterocycles. The zero-order valence-corrected chi connectivity index (χ0v) is 21.0. The summed E-state index contributed by atoms with van der Waals surface area (Å²) in [4.78, 5) is 25.8. The van der Waals surface area contributed by atoms with E-state index in [0.29, 0.717) is 23.1 Å². The Bertz CT molecular complexity index is 1670. The van der Waals surface area contributed by atoms with E-state index < -0.39 is 17.7 Å². The van der Waals surface area contributed by atoms with Crippen molar-refractivity contribution in [1.82, 2.24) is 4.98 Å². The van der Waals surface area contributed by atoms with E-state index in [0.717, 1.165) is 28.3 Å². The van der Waals surface area contributed by atoms with E-state index in [-0.39, 0.29) is 24.2 Å². The number of pyridine rings is 1. The number of ether oxygens (including phenoxy) is 2. The van der Waals surface area contributed by atoms with Gasteiger partial charge in [-0.15, -0.1) is 0 Å². The highest BCUT2D eigenvalue weighted by Gasteiger charge is 2.33. The van der Waals surface area contributed by atoms with Gasteiger partial charge in [-0.2, -0.15) is 13.2 Å². The Hall–Kier alpha value is -4.98. The number of para-hydroxylation sites is 1. The van der Waals surface area contributed by atoms with Gasteiger partial charge in [0, 0.05) is 11.6 Å². The Balaban J connectivity index is 1.50. The highest BCUT2D eigenvalue weighted by molar-refractivity contribution is 6.21. The Kier molecular flexibility index (Phi) is 7.59. The number of alkyl halides is 3. The van der Waals surface area contributed by atoms with Gasteiger partial charge < -0.3 is 9.47 Å². The SMILES string of the molecule is O=CC(=O)Oc1ccc(OCc2cccc(-c3c(Cc4ccccc4)cnc4c(C(F)(F)F)cccc34)c2)cc1. The van der Waals surface area contributed by atoms with Gasteiger partial charge >= 0.3 is 12.1 Å². The molecule has 0 spiro atoms. The minimum Gasteiger partial charge on any atom is -0.489 e. The number of carbonyl (C=O) groups is 2. The van der Waals surface area contributed by atoms with Crippen molar-refractivity contribution in [3.63, 3.8) is 0 Å². The van der Waals surface area contributed by atoms with Crippen LogP contribution in [0.4, 0.5) is 13.2 Å². The van der Waals surface area contributed by atoms with E-state index in [1.807, 2.05) is 54.6 Å². The van der Waals surface area contributed by atoms with Crippen molar-refractivity contribution in [3.05, 3.63) is 126 Å². The van der Waals surface area contributed by atoms with E-state index in [9.17, 15) is 22.8 Å². The van der Waals surface area contributed by atoms with Crippen LogP contribution in [-0.2, 0) is 28.8 Å². The number of aldehydes is 1. The van der Waals surface area contributed by atoms with Gasteiger partial charge in [-0.05, 0) is 70.6 Å². The average molecular weight is 542 g/mol. The van der Waals surface area contributed by atoms with E-state index in [1.54, 1.807) is 18.2 Å². The van der Waals surface area contributed by atoms with E-state index in [2.05, 4.69) is 4.98 Å². The van der Waals surface area contributed by atoms with Gasteiger partial charge in [0.2, 0.25) is 6.29 Å². The lowest BCUT2D eigenvalue weighted by atomic mass is 9.91. The third kappa shape index (κ3) is 6.02. The normalized spacial score (nSPS) is 11.3. The van der Waals surface area contributed by atoms with Crippen molar-refractivity contribution in [2.45, 2.75) is 19.2 Å². The monoisotopic (exact) mass is 541 g/mol. The Labute approximate surface area is 227 Å². The molecule has 0 saturated carbocycles. The first kappa shape index (κ1) is 26.6. The van der Waals surface area contributed by atoms with Gasteiger partial charge in [0.15, 0.2) is 0 Å². The molecule has 0 N–H and O–H groups in total. The Morgan fingerprint density at radius 2 is 1.52 bits per heavy atom. The third-order valence-corrected chi connectivity index (χ3v) is 6.28. The molecule has 0 aliphatic rings. The predicted octanol–water partition coefficient (Wildman–Crippen LogP) is 7.19. The molecular formula is C32H22F3NO4. The number of fused-ring (bicyclic) bond motifs is 1. The summed E-state index contributed by atoms with van der Waals surface area (Å²) in [7, 11) is 0. The number of esters is 1. The summed E-state index contributed by atoms with van der Waals surface area (Å²) in [5.74, 6) is -0.284. The highest BCUT2D eigenvalue weighted by atomic mass is 19.4. The first-order valence-electron chi connectivity index (χ1n) is 12.3. The number of hydrogen-bond acceptors (Lipinski definition) is 5. The molecule has 1 heterocycles. The van der Waals surface area contributed by atoms with Crippen LogP contribution < -0.4 is 9.47 Å². The summed E-state index contributed by atoms with van der Waals surface area (Å²) in [5.41, 5.74) is 3.17. The first-order chi connectivity index (χ1) is 19.3. The van der Waals surface area contributed by atoms with Crippen molar-refractivity contribution in [2.75, 3.05) is 0 Å². The maximum atomic E-state index is 13.8. The van der Waals surface area contributed by atoms with Crippen LogP contribution in [0.2, 0.25) is 0 Å². The average Bonchev–Trinajstić information content (AvgIpc) is 2.96. The van der Waals surface area contributed by atoms with E-state index in [1.165, 1.54) is 24.4 Å². The van der Waals surface area contributed by atoms with E-state index >= 15 is 0 Å². The summed E-state index contributed by atoms with van der Waals surface area (Å²) in [5, 5.41) is 0.418. The summed E-state index contributed by atoms with van der Waals surface area (Å²) >= 11 is 0. The second kappa shape index (κ2) is 11.4. The summed E-state index contributed by atoms with van der Waals surface area (Å²) < 4.78 is 52.2. The van der Waals surface area contributed by atoms with Crippen LogP contribution in [0.25, 0.3) is 22.0 Å². The number of hydrogen-bond donors (Lipinski definition) is 0. The molecule has 200 valence electrons. The molecule has 0 aliphatic heterocycles. The third-order valence-electron chi connectivity index (χ3n) is 6.28. The molecule has 0 aliphatic carbocycles. The summed E-state index contributed by atoms with van der Waals surface area (Å²) in [6.45, 7) is 0.187. The first-order valence-corrected chi connectivity index (χ1v) is 12.3. The number of aromatic nitrogens is 1. The Morgan fingerprint density at radius 1 is 0.825 bits per heavy atom.